The van der Waals surface area contributed by atoms with Gasteiger partial charge in [0.2, 0.25) is 0 Å². The van der Waals surface area contributed by atoms with Crippen LogP contribution in [0.3, 0.4) is 0 Å². The lowest BCUT2D eigenvalue weighted by Crippen LogP contribution is -2.34. The molecule has 0 unspecified atom stereocenters. The van der Waals surface area contributed by atoms with Gasteiger partial charge in [-0.15, -0.1) is 0 Å². The van der Waals surface area contributed by atoms with Crippen molar-refractivity contribution in [1.82, 2.24) is 5.32 Å². The third kappa shape index (κ3) is 4.24. The van der Waals surface area contributed by atoms with Gasteiger partial charge in [-0.2, -0.15) is 0 Å². The molecule has 4 nitrogen and oxygen atoms in total. The molecule has 1 aliphatic rings. The third-order valence-electron chi connectivity index (χ3n) is 3.83. The molecule has 0 spiro atoms. The molecule has 0 aromatic heterocycles. The molecule has 0 radical (unpaired) electrons. The molecule has 2 aromatic carbocycles. The van der Waals surface area contributed by atoms with E-state index in [-0.39, 0.29) is 6.04 Å². The molecular weight excluding hydrogens is 290 g/mol. The zero-order chi connectivity index (χ0) is 15.9. The van der Waals surface area contributed by atoms with Gasteiger partial charge in [0.1, 0.15) is 6.61 Å². The zero-order valence-electron chi connectivity index (χ0n) is 13.5. The largest absolute Gasteiger partial charge is 0.490 e. The maximum absolute atomic E-state index is 5.94. The Morgan fingerprint density at radius 2 is 1.96 bits per heavy atom. The van der Waals surface area contributed by atoms with Crippen molar-refractivity contribution in [3.05, 3.63) is 59.7 Å². The standard InChI is InChI=1S/C19H23NO3/c1-2-22-19-12-16(17-14-21-11-10-20-17)8-9-18(19)23-13-15-6-4-3-5-7-15/h3-9,12,17,20H,2,10-11,13-14H2,1H3/t17-/m0/s1. The molecule has 4 heteroatoms. The summed E-state index contributed by atoms with van der Waals surface area (Å²) in [6.07, 6.45) is 0. The molecule has 1 atom stereocenters. The molecule has 1 saturated heterocycles. The molecule has 0 aliphatic carbocycles. The SMILES string of the molecule is CCOc1cc([C@@H]2COCCN2)ccc1OCc1ccccc1. The van der Waals surface area contributed by atoms with Gasteiger partial charge in [0.05, 0.1) is 25.9 Å². The number of rotatable bonds is 6. The number of nitrogens with one attached hydrogen (secondary N) is 1. The summed E-state index contributed by atoms with van der Waals surface area (Å²) in [6.45, 7) is 5.46. The molecule has 1 aliphatic heterocycles. The Hall–Kier alpha value is -2.04. The van der Waals surface area contributed by atoms with Crippen LogP contribution in [-0.4, -0.2) is 26.4 Å². The quantitative estimate of drug-likeness (QED) is 0.888. The van der Waals surface area contributed by atoms with Crippen molar-refractivity contribution in [2.24, 2.45) is 0 Å². The van der Waals surface area contributed by atoms with Gasteiger partial charge < -0.3 is 19.5 Å². The van der Waals surface area contributed by atoms with Gasteiger partial charge >= 0.3 is 0 Å². The lowest BCUT2D eigenvalue weighted by atomic mass is 10.1. The number of hydrogen-bond acceptors (Lipinski definition) is 4. The van der Waals surface area contributed by atoms with Crippen LogP contribution >= 0.6 is 0 Å². The summed E-state index contributed by atoms with van der Waals surface area (Å²) in [7, 11) is 0. The highest BCUT2D eigenvalue weighted by molar-refractivity contribution is 5.44. The summed E-state index contributed by atoms with van der Waals surface area (Å²) in [5.74, 6) is 1.56. The first-order chi connectivity index (χ1) is 11.4. The Morgan fingerprint density at radius 1 is 1.09 bits per heavy atom. The number of morpholine rings is 1. The fourth-order valence-corrected chi connectivity index (χ4v) is 2.64. The molecule has 1 fully saturated rings. The van der Waals surface area contributed by atoms with Crippen LogP contribution in [0.1, 0.15) is 24.1 Å². The molecule has 1 heterocycles. The second kappa shape index (κ2) is 7.99. The highest BCUT2D eigenvalue weighted by Crippen LogP contribution is 2.31. The first-order valence-electron chi connectivity index (χ1n) is 8.11. The molecule has 3 rings (SSSR count). The summed E-state index contributed by atoms with van der Waals surface area (Å²) in [6, 6.07) is 16.5. The van der Waals surface area contributed by atoms with E-state index in [9.17, 15) is 0 Å². The number of ether oxygens (including phenoxy) is 3. The van der Waals surface area contributed by atoms with E-state index in [1.54, 1.807) is 0 Å². The normalized spacial score (nSPS) is 17.7. The fourth-order valence-electron chi connectivity index (χ4n) is 2.64. The zero-order valence-corrected chi connectivity index (χ0v) is 13.5. The van der Waals surface area contributed by atoms with Gasteiger partial charge in [-0.3, -0.25) is 0 Å². The first-order valence-corrected chi connectivity index (χ1v) is 8.11. The molecule has 0 saturated carbocycles. The van der Waals surface area contributed by atoms with Gasteiger partial charge in [-0.1, -0.05) is 36.4 Å². The summed E-state index contributed by atoms with van der Waals surface area (Å²) >= 11 is 0. The highest BCUT2D eigenvalue weighted by Gasteiger charge is 2.17. The fraction of sp³-hybridized carbons (Fsp3) is 0.368. The predicted octanol–water partition coefficient (Wildman–Crippen LogP) is 3.33. The minimum Gasteiger partial charge on any atom is -0.490 e. The lowest BCUT2D eigenvalue weighted by molar-refractivity contribution is 0.0767. The minimum absolute atomic E-state index is 0.214. The van der Waals surface area contributed by atoms with Gasteiger partial charge in [0.25, 0.3) is 0 Å². The Bertz CT molecular complexity index is 609. The Kier molecular flexibility index (Phi) is 5.51. The van der Waals surface area contributed by atoms with Crippen LogP contribution in [0.15, 0.2) is 48.5 Å². The van der Waals surface area contributed by atoms with Crippen LogP contribution in [-0.2, 0) is 11.3 Å². The van der Waals surface area contributed by atoms with Crippen molar-refractivity contribution < 1.29 is 14.2 Å². The van der Waals surface area contributed by atoms with Gasteiger partial charge in [0.15, 0.2) is 11.5 Å². The van der Waals surface area contributed by atoms with E-state index in [4.69, 9.17) is 14.2 Å². The average Bonchev–Trinajstić information content (AvgIpc) is 2.62. The number of benzene rings is 2. The second-order valence-electron chi connectivity index (χ2n) is 5.50. The maximum atomic E-state index is 5.94. The van der Waals surface area contributed by atoms with E-state index in [2.05, 4.69) is 29.6 Å². The van der Waals surface area contributed by atoms with Crippen LogP contribution in [0.4, 0.5) is 0 Å². The van der Waals surface area contributed by atoms with Crippen molar-refractivity contribution in [2.75, 3.05) is 26.4 Å². The Labute approximate surface area is 137 Å². The predicted molar refractivity (Wildman–Crippen MR) is 89.9 cm³/mol. The van der Waals surface area contributed by atoms with Crippen LogP contribution < -0.4 is 14.8 Å². The number of hydrogen-bond donors (Lipinski definition) is 1. The summed E-state index contributed by atoms with van der Waals surface area (Å²) in [5.41, 5.74) is 2.31. The molecule has 1 N–H and O–H groups in total. The van der Waals surface area contributed by atoms with Crippen LogP contribution in [0.5, 0.6) is 11.5 Å². The maximum Gasteiger partial charge on any atom is 0.161 e. The molecule has 0 bridgehead atoms. The summed E-state index contributed by atoms with van der Waals surface area (Å²) in [4.78, 5) is 0. The smallest absolute Gasteiger partial charge is 0.161 e. The molecule has 0 amide bonds. The lowest BCUT2D eigenvalue weighted by Gasteiger charge is -2.25. The van der Waals surface area contributed by atoms with Crippen LogP contribution in [0.2, 0.25) is 0 Å². The minimum atomic E-state index is 0.214. The van der Waals surface area contributed by atoms with Crippen molar-refractivity contribution in [2.45, 2.75) is 19.6 Å². The van der Waals surface area contributed by atoms with E-state index in [1.165, 1.54) is 5.56 Å². The molecule has 122 valence electrons. The monoisotopic (exact) mass is 313 g/mol. The van der Waals surface area contributed by atoms with E-state index in [0.717, 1.165) is 30.2 Å². The second-order valence-corrected chi connectivity index (χ2v) is 5.50. The van der Waals surface area contributed by atoms with Gasteiger partial charge in [-0.05, 0) is 30.2 Å². The van der Waals surface area contributed by atoms with Crippen molar-refractivity contribution in [1.29, 1.82) is 0 Å². The van der Waals surface area contributed by atoms with E-state index in [1.807, 2.05) is 31.2 Å². The highest BCUT2D eigenvalue weighted by atomic mass is 16.5. The van der Waals surface area contributed by atoms with Crippen molar-refractivity contribution in [3.63, 3.8) is 0 Å². The van der Waals surface area contributed by atoms with Crippen LogP contribution in [0.25, 0.3) is 0 Å². The van der Waals surface area contributed by atoms with Gasteiger partial charge in [-0.25, -0.2) is 0 Å². The Morgan fingerprint density at radius 3 is 2.70 bits per heavy atom. The first kappa shape index (κ1) is 15.8. The topological polar surface area (TPSA) is 39.7 Å². The van der Waals surface area contributed by atoms with Crippen molar-refractivity contribution in [3.8, 4) is 11.5 Å². The molecular formula is C19H23NO3. The molecule has 2 aromatic rings. The average molecular weight is 313 g/mol. The Balaban J connectivity index is 1.73. The van der Waals surface area contributed by atoms with E-state index in [0.29, 0.717) is 19.8 Å². The van der Waals surface area contributed by atoms with Crippen molar-refractivity contribution >= 4 is 0 Å². The summed E-state index contributed by atoms with van der Waals surface area (Å²) in [5, 5.41) is 3.46. The van der Waals surface area contributed by atoms with Crippen LogP contribution in [0, 0.1) is 0 Å². The third-order valence-corrected chi connectivity index (χ3v) is 3.83. The van der Waals surface area contributed by atoms with E-state index < -0.39 is 0 Å². The molecule has 23 heavy (non-hydrogen) atoms. The summed E-state index contributed by atoms with van der Waals surface area (Å²) < 4.78 is 17.2. The van der Waals surface area contributed by atoms with Gasteiger partial charge in [0, 0.05) is 6.54 Å². The van der Waals surface area contributed by atoms with E-state index >= 15 is 0 Å².